The van der Waals surface area contributed by atoms with Crippen LogP contribution in [0.15, 0.2) is 72.8 Å². The van der Waals surface area contributed by atoms with E-state index in [0.29, 0.717) is 51.2 Å². The molecule has 0 saturated heterocycles. The summed E-state index contributed by atoms with van der Waals surface area (Å²) in [5.74, 6) is 1.10. The van der Waals surface area contributed by atoms with E-state index in [9.17, 15) is 10.2 Å². The van der Waals surface area contributed by atoms with Gasteiger partial charge in [-0.05, 0) is 57.9 Å². The maximum Gasteiger partial charge on any atom is 0.125 e. The van der Waals surface area contributed by atoms with Crippen LogP contribution in [0.3, 0.4) is 0 Å². The third-order valence-electron chi connectivity index (χ3n) is 5.69. The molecule has 0 amide bonds. The molecule has 4 aromatic rings. The van der Waals surface area contributed by atoms with E-state index in [2.05, 4.69) is 10.6 Å². The average molecular weight is 487 g/mol. The van der Waals surface area contributed by atoms with Gasteiger partial charge in [0.15, 0.2) is 0 Å². The maximum atomic E-state index is 9.56. The molecule has 8 heteroatoms. The molecule has 8 nitrogen and oxygen atoms in total. The summed E-state index contributed by atoms with van der Waals surface area (Å²) in [6, 6.07) is 21.6. The maximum absolute atomic E-state index is 9.56. The quantitative estimate of drug-likeness (QED) is 0.108. The van der Waals surface area contributed by atoms with Gasteiger partial charge in [-0.15, -0.1) is 0 Å². The first kappa shape index (κ1) is 25.0. The molecule has 0 fully saturated rings. The molecule has 0 atom stereocenters. The first-order chi connectivity index (χ1) is 17.5. The minimum Gasteiger partial charge on any atom is -0.508 e. The van der Waals surface area contributed by atoms with Crippen LogP contribution in [-0.4, -0.2) is 61.4 Å². The number of fused-ring (bicyclic) bond motifs is 2. The number of rotatable bonds is 11. The van der Waals surface area contributed by atoms with Crippen LogP contribution in [0, 0.1) is 10.8 Å². The molecule has 0 spiro atoms. The topological polar surface area (TPSA) is 131 Å². The molecule has 0 radical (unpaired) electrons. The summed E-state index contributed by atoms with van der Waals surface area (Å²) in [7, 11) is 0. The summed E-state index contributed by atoms with van der Waals surface area (Å²) in [5.41, 5.74) is 1.55. The average Bonchev–Trinajstić information content (AvgIpc) is 2.88. The second-order valence-corrected chi connectivity index (χ2v) is 8.32. The van der Waals surface area contributed by atoms with Crippen molar-refractivity contribution in [2.24, 2.45) is 0 Å². The summed E-state index contributed by atoms with van der Waals surface area (Å²) in [5, 5.41) is 45.4. The SMILES string of the molecule is N=C(NCCOCCOCCNC(=N)c1ccc2cc(O)ccc2c1)c1ccc2cc(O)ccc2c1. The fourth-order valence-corrected chi connectivity index (χ4v) is 3.80. The molecule has 36 heavy (non-hydrogen) atoms. The normalized spacial score (nSPS) is 11.0. The number of ether oxygens (including phenoxy) is 2. The molecule has 0 aromatic heterocycles. The van der Waals surface area contributed by atoms with Crippen molar-refractivity contribution in [3.05, 3.63) is 83.9 Å². The molecule has 0 aliphatic heterocycles. The van der Waals surface area contributed by atoms with Crippen molar-refractivity contribution in [3.8, 4) is 11.5 Å². The van der Waals surface area contributed by atoms with Crippen LogP contribution >= 0.6 is 0 Å². The van der Waals surface area contributed by atoms with Gasteiger partial charge in [-0.25, -0.2) is 0 Å². The summed E-state index contributed by atoms with van der Waals surface area (Å²) >= 11 is 0. The molecule has 0 bridgehead atoms. The minimum absolute atomic E-state index is 0.226. The lowest BCUT2D eigenvalue weighted by molar-refractivity contribution is 0.0519. The number of phenolic OH excluding ortho intramolecular Hbond substituents is 2. The number of hydrogen-bond acceptors (Lipinski definition) is 6. The molecule has 4 rings (SSSR count). The molecule has 0 heterocycles. The van der Waals surface area contributed by atoms with Gasteiger partial charge in [0.25, 0.3) is 0 Å². The molecule has 0 saturated carbocycles. The third kappa shape index (κ3) is 6.71. The lowest BCUT2D eigenvalue weighted by Crippen LogP contribution is -2.28. The van der Waals surface area contributed by atoms with Crippen LogP contribution in [0.2, 0.25) is 0 Å². The van der Waals surface area contributed by atoms with Crippen LogP contribution in [0.1, 0.15) is 11.1 Å². The molecular weight excluding hydrogens is 456 g/mol. The van der Waals surface area contributed by atoms with E-state index in [1.165, 1.54) is 0 Å². The highest BCUT2D eigenvalue weighted by molar-refractivity contribution is 6.01. The van der Waals surface area contributed by atoms with Gasteiger partial charge in [-0.2, -0.15) is 0 Å². The van der Waals surface area contributed by atoms with Crippen LogP contribution in [0.25, 0.3) is 21.5 Å². The van der Waals surface area contributed by atoms with Gasteiger partial charge < -0.3 is 30.3 Å². The van der Waals surface area contributed by atoms with Crippen molar-refractivity contribution >= 4 is 33.2 Å². The van der Waals surface area contributed by atoms with E-state index in [0.717, 1.165) is 32.7 Å². The van der Waals surface area contributed by atoms with E-state index in [1.54, 1.807) is 24.3 Å². The first-order valence-corrected chi connectivity index (χ1v) is 11.8. The number of benzene rings is 4. The Balaban J connectivity index is 1.06. The predicted octanol–water partition coefficient (Wildman–Crippen LogP) is 3.97. The fraction of sp³-hybridized carbons (Fsp3) is 0.214. The van der Waals surface area contributed by atoms with Gasteiger partial charge >= 0.3 is 0 Å². The Morgan fingerprint density at radius 3 is 1.39 bits per heavy atom. The summed E-state index contributed by atoms with van der Waals surface area (Å²) in [6.45, 7) is 2.83. The van der Waals surface area contributed by atoms with Crippen LogP contribution in [0.5, 0.6) is 11.5 Å². The number of phenols is 2. The molecule has 6 N–H and O–H groups in total. The Morgan fingerprint density at radius 2 is 0.944 bits per heavy atom. The number of amidine groups is 2. The highest BCUT2D eigenvalue weighted by Crippen LogP contribution is 2.22. The Labute approximate surface area is 209 Å². The fourth-order valence-electron chi connectivity index (χ4n) is 3.80. The number of aromatic hydroxyl groups is 2. The summed E-state index contributed by atoms with van der Waals surface area (Å²) in [4.78, 5) is 0. The van der Waals surface area contributed by atoms with Crippen molar-refractivity contribution in [2.45, 2.75) is 0 Å². The lowest BCUT2D eigenvalue weighted by atomic mass is 10.1. The van der Waals surface area contributed by atoms with E-state index < -0.39 is 0 Å². The smallest absolute Gasteiger partial charge is 0.125 e. The van der Waals surface area contributed by atoms with Gasteiger partial charge in [0, 0.05) is 24.2 Å². The van der Waals surface area contributed by atoms with Crippen molar-refractivity contribution in [1.29, 1.82) is 10.8 Å². The van der Waals surface area contributed by atoms with Gasteiger partial charge in [0.1, 0.15) is 23.2 Å². The molecule has 186 valence electrons. The zero-order valence-corrected chi connectivity index (χ0v) is 19.9. The Kier molecular flexibility index (Phi) is 8.33. The summed E-state index contributed by atoms with van der Waals surface area (Å²) < 4.78 is 11.1. The third-order valence-corrected chi connectivity index (χ3v) is 5.69. The second kappa shape index (κ2) is 12.0. The molecule has 0 unspecified atom stereocenters. The number of nitrogens with one attached hydrogen (secondary N) is 4. The second-order valence-electron chi connectivity index (χ2n) is 8.32. The van der Waals surface area contributed by atoms with Crippen molar-refractivity contribution in [2.75, 3.05) is 39.5 Å². The van der Waals surface area contributed by atoms with E-state index >= 15 is 0 Å². The Hall–Kier alpha value is -4.14. The Bertz CT molecular complexity index is 1270. The molecule has 4 aromatic carbocycles. The first-order valence-electron chi connectivity index (χ1n) is 11.8. The monoisotopic (exact) mass is 486 g/mol. The van der Waals surface area contributed by atoms with Gasteiger partial charge in [-0.3, -0.25) is 10.8 Å². The van der Waals surface area contributed by atoms with Crippen LogP contribution in [0.4, 0.5) is 0 Å². The zero-order chi connectivity index (χ0) is 25.3. The van der Waals surface area contributed by atoms with Crippen LogP contribution < -0.4 is 10.6 Å². The van der Waals surface area contributed by atoms with Gasteiger partial charge in [-0.1, -0.05) is 36.4 Å². The number of hydrogen-bond donors (Lipinski definition) is 6. The highest BCUT2D eigenvalue weighted by Gasteiger charge is 2.05. The lowest BCUT2D eigenvalue weighted by Gasteiger charge is -2.11. The summed E-state index contributed by atoms with van der Waals surface area (Å²) in [6.07, 6.45) is 0. The standard InChI is InChI=1S/C28H30N4O4/c29-27(23-3-1-21-17-25(33)7-5-19(21)15-23)31-9-11-35-13-14-36-12-10-32-28(30)24-4-2-22-18-26(34)8-6-20(22)16-24/h1-8,15-18,33-34H,9-14H2,(H2,29,31)(H2,30,32). The van der Waals surface area contributed by atoms with Gasteiger partial charge in [0.2, 0.25) is 0 Å². The van der Waals surface area contributed by atoms with E-state index in [1.807, 2.05) is 48.5 Å². The van der Waals surface area contributed by atoms with Crippen molar-refractivity contribution < 1.29 is 19.7 Å². The predicted molar refractivity (Wildman–Crippen MR) is 143 cm³/mol. The van der Waals surface area contributed by atoms with E-state index in [4.69, 9.17) is 20.3 Å². The molecule has 0 aliphatic rings. The van der Waals surface area contributed by atoms with Gasteiger partial charge in [0.05, 0.1) is 26.4 Å². The zero-order valence-electron chi connectivity index (χ0n) is 19.9. The minimum atomic E-state index is 0.226. The van der Waals surface area contributed by atoms with Crippen LogP contribution in [-0.2, 0) is 9.47 Å². The molecular formula is C28H30N4O4. The van der Waals surface area contributed by atoms with Crippen molar-refractivity contribution in [1.82, 2.24) is 10.6 Å². The molecule has 0 aliphatic carbocycles. The van der Waals surface area contributed by atoms with Crippen molar-refractivity contribution in [3.63, 3.8) is 0 Å². The highest BCUT2D eigenvalue weighted by atomic mass is 16.5. The van der Waals surface area contributed by atoms with E-state index in [-0.39, 0.29) is 11.5 Å². The Morgan fingerprint density at radius 1 is 0.556 bits per heavy atom. The largest absolute Gasteiger partial charge is 0.508 e.